The highest BCUT2D eigenvalue weighted by atomic mass is 35.5. The van der Waals surface area contributed by atoms with Gasteiger partial charge in [0.2, 0.25) is 0 Å². The molecule has 1 aromatic rings. The Balaban J connectivity index is 1.82. The fourth-order valence-corrected chi connectivity index (χ4v) is 1.55. The molecule has 0 bridgehead atoms. The van der Waals surface area contributed by atoms with Crippen LogP contribution in [0.25, 0.3) is 0 Å². The highest BCUT2D eigenvalue weighted by molar-refractivity contribution is 6.30. The molecule has 1 aromatic heterocycles. The average molecular weight is 214 g/mol. The van der Waals surface area contributed by atoms with Gasteiger partial charge in [0, 0.05) is 6.04 Å². The lowest BCUT2D eigenvalue weighted by molar-refractivity contribution is 0.257. The summed E-state index contributed by atoms with van der Waals surface area (Å²) >= 11 is 5.65. The molecule has 1 fully saturated rings. The standard InChI is InChI=1S/C9H12ClN3O/c10-7-4-12-9(13-5-7)14-6-8-2-1-3-11-8/h4-5,8,11H,1-3,6H2/t8-/m1/s1. The zero-order chi connectivity index (χ0) is 9.80. The maximum absolute atomic E-state index is 5.65. The van der Waals surface area contributed by atoms with Crippen LogP contribution in [0.1, 0.15) is 12.8 Å². The average Bonchev–Trinajstić information content (AvgIpc) is 2.70. The minimum Gasteiger partial charge on any atom is -0.462 e. The molecule has 0 aromatic carbocycles. The monoisotopic (exact) mass is 213 g/mol. The molecular formula is C9H12ClN3O. The zero-order valence-electron chi connectivity index (χ0n) is 7.74. The Hall–Kier alpha value is -0.870. The van der Waals surface area contributed by atoms with Crippen molar-refractivity contribution in [3.8, 4) is 6.01 Å². The van der Waals surface area contributed by atoms with Crippen molar-refractivity contribution < 1.29 is 4.74 Å². The van der Waals surface area contributed by atoms with Crippen LogP contribution in [0, 0.1) is 0 Å². The molecule has 0 spiro atoms. The lowest BCUT2D eigenvalue weighted by Gasteiger charge is -2.09. The molecule has 0 radical (unpaired) electrons. The summed E-state index contributed by atoms with van der Waals surface area (Å²) in [5.74, 6) is 0. The maximum Gasteiger partial charge on any atom is 0.316 e. The minimum absolute atomic E-state index is 0.392. The van der Waals surface area contributed by atoms with Gasteiger partial charge in [-0.3, -0.25) is 0 Å². The molecule has 2 heterocycles. The van der Waals surface area contributed by atoms with Crippen molar-refractivity contribution in [3.05, 3.63) is 17.4 Å². The van der Waals surface area contributed by atoms with Gasteiger partial charge in [-0.2, -0.15) is 0 Å². The van der Waals surface area contributed by atoms with E-state index < -0.39 is 0 Å². The lowest BCUT2D eigenvalue weighted by atomic mass is 10.2. The molecule has 0 unspecified atom stereocenters. The van der Waals surface area contributed by atoms with Crippen molar-refractivity contribution in [3.63, 3.8) is 0 Å². The van der Waals surface area contributed by atoms with E-state index in [0.29, 0.717) is 23.7 Å². The van der Waals surface area contributed by atoms with Gasteiger partial charge in [-0.25, -0.2) is 9.97 Å². The van der Waals surface area contributed by atoms with Gasteiger partial charge in [0.05, 0.1) is 17.4 Å². The molecule has 14 heavy (non-hydrogen) atoms. The Morgan fingerprint density at radius 2 is 2.29 bits per heavy atom. The molecular weight excluding hydrogens is 202 g/mol. The van der Waals surface area contributed by atoms with E-state index in [1.54, 1.807) is 0 Å². The topological polar surface area (TPSA) is 47.0 Å². The van der Waals surface area contributed by atoms with Crippen LogP contribution in [0.2, 0.25) is 5.02 Å². The first kappa shape index (κ1) is 9.68. The van der Waals surface area contributed by atoms with Crippen LogP contribution in [-0.2, 0) is 0 Å². The molecule has 1 aliphatic heterocycles. The quantitative estimate of drug-likeness (QED) is 0.821. The fraction of sp³-hybridized carbons (Fsp3) is 0.556. The molecule has 1 saturated heterocycles. The van der Waals surface area contributed by atoms with E-state index in [2.05, 4.69) is 15.3 Å². The van der Waals surface area contributed by atoms with E-state index in [0.717, 1.165) is 13.0 Å². The number of nitrogens with one attached hydrogen (secondary N) is 1. The van der Waals surface area contributed by atoms with Crippen LogP contribution in [0.5, 0.6) is 6.01 Å². The maximum atomic E-state index is 5.65. The van der Waals surface area contributed by atoms with Gasteiger partial charge >= 0.3 is 6.01 Å². The van der Waals surface area contributed by atoms with Gasteiger partial charge in [-0.15, -0.1) is 0 Å². The second-order valence-electron chi connectivity index (χ2n) is 3.29. The smallest absolute Gasteiger partial charge is 0.316 e. The third kappa shape index (κ3) is 2.56. The van der Waals surface area contributed by atoms with Crippen molar-refractivity contribution in [2.24, 2.45) is 0 Å². The van der Waals surface area contributed by atoms with Crippen molar-refractivity contribution in [1.29, 1.82) is 0 Å². The summed E-state index contributed by atoms with van der Waals surface area (Å²) in [5, 5.41) is 3.86. The SMILES string of the molecule is Clc1cnc(OC[C@H]2CCCN2)nc1. The van der Waals surface area contributed by atoms with Crippen LogP contribution in [0.4, 0.5) is 0 Å². The molecule has 76 valence electrons. The summed E-state index contributed by atoms with van der Waals surface area (Å²) in [7, 11) is 0. The predicted molar refractivity (Wildman–Crippen MR) is 53.6 cm³/mol. The molecule has 0 aliphatic carbocycles. The third-order valence-corrected chi connectivity index (χ3v) is 2.37. The summed E-state index contributed by atoms with van der Waals surface area (Å²) < 4.78 is 5.40. The van der Waals surface area contributed by atoms with E-state index in [1.807, 2.05) is 0 Å². The largest absolute Gasteiger partial charge is 0.462 e. The predicted octanol–water partition coefficient (Wildman–Crippen LogP) is 1.26. The number of hydrogen-bond donors (Lipinski definition) is 1. The molecule has 5 heteroatoms. The molecule has 0 saturated carbocycles. The second kappa shape index (κ2) is 4.57. The van der Waals surface area contributed by atoms with Crippen LogP contribution in [-0.4, -0.2) is 29.2 Å². The number of halogens is 1. The molecule has 0 amide bonds. The zero-order valence-corrected chi connectivity index (χ0v) is 8.50. The van der Waals surface area contributed by atoms with Crippen LogP contribution >= 0.6 is 11.6 Å². The Kier molecular flexibility index (Phi) is 3.16. The number of hydrogen-bond acceptors (Lipinski definition) is 4. The van der Waals surface area contributed by atoms with Crippen LogP contribution < -0.4 is 10.1 Å². The highest BCUT2D eigenvalue weighted by Crippen LogP contribution is 2.09. The molecule has 1 aliphatic rings. The van der Waals surface area contributed by atoms with Gasteiger partial charge in [0.15, 0.2) is 0 Å². The van der Waals surface area contributed by atoms with Crippen molar-refractivity contribution in [2.45, 2.75) is 18.9 Å². The van der Waals surface area contributed by atoms with E-state index in [-0.39, 0.29) is 0 Å². The van der Waals surface area contributed by atoms with Crippen molar-refractivity contribution >= 4 is 11.6 Å². The molecule has 2 rings (SSSR count). The van der Waals surface area contributed by atoms with E-state index in [1.165, 1.54) is 18.8 Å². The van der Waals surface area contributed by atoms with E-state index in [4.69, 9.17) is 16.3 Å². The Labute approximate surface area is 87.7 Å². The van der Waals surface area contributed by atoms with E-state index >= 15 is 0 Å². The molecule has 4 nitrogen and oxygen atoms in total. The van der Waals surface area contributed by atoms with Gasteiger partial charge in [0.25, 0.3) is 0 Å². The minimum atomic E-state index is 0.392. The first-order valence-corrected chi connectivity index (χ1v) is 5.06. The second-order valence-corrected chi connectivity index (χ2v) is 3.72. The lowest BCUT2D eigenvalue weighted by Crippen LogP contribution is -2.28. The van der Waals surface area contributed by atoms with Crippen molar-refractivity contribution in [2.75, 3.05) is 13.2 Å². The van der Waals surface area contributed by atoms with Crippen molar-refractivity contribution in [1.82, 2.24) is 15.3 Å². The summed E-state index contributed by atoms with van der Waals surface area (Å²) in [6, 6.07) is 0.831. The first-order valence-electron chi connectivity index (χ1n) is 4.68. The Morgan fingerprint density at radius 1 is 1.50 bits per heavy atom. The van der Waals surface area contributed by atoms with Gasteiger partial charge < -0.3 is 10.1 Å². The molecule has 1 atom stereocenters. The normalized spacial score (nSPS) is 21.1. The Morgan fingerprint density at radius 3 is 2.93 bits per heavy atom. The van der Waals surface area contributed by atoms with E-state index in [9.17, 15) is 0 Å². The summed E-state index contributed by atoms with van der Waals surface area (Å²) in [6.45, 7) is 1.71. The van der Waals surface area contributed by atoms with Gasteiger partial charge in [0.1, 0.15) is 6.61 Å². The van der Waals surface area contributed by atoms with Gasteiger partial charge in [-0.1, -0.05) is 11.6 Å². The number of nitrogens with zero attached hydrogens (tertiary/aromatic N) is 2. The van der Waals surface area contributed by atoms with Crippen LogP contribution in [0.3, 0.4) is 0 Å². The number of ether oxygens (including phenoxy) is 1. The number of rotatable bonds is 3. The number of aromatic nitrogens is 2. The molecule has 1 N–H and O–H groups in total. The summed E-state index contributed by atoms with van der Waals surface area (Å²) in [5.41, 5.74) is 0. The highest BCUT2D eigenvalue weighted by Gasteiger charge is 2.14. The van der Waals surface area contributed by atoms with Crippen LogP contribution in [0.15, 0.2) is 12.4 Å². The van der Waals surface area contributed by atoms with Gasteiger partial charge in [-0.05, 0) is 19.4 Å². The Bertz CT molecular complexity index is 285. The first-order chi connectivity index (χ1) is 6.84. The third-order valence-electron chi connectivity index (χ3n) is 2.17. The fourth-order valence-electron chi connectivity index (χ4n) is 1.45. The summed E-state index contributed by atoms with van der Waals surface area (Å²) in [4.78, 5) is 7.89. The summed E-state index contributed by atoms with van der Waals surface area (Å²) in [6.07, 6.45) is 5.45.